The van der Waals surface area contributed by atoms with Gasteiger partial charge < -0.3 is 15.0 Å². The van der Waals surface area contributed by atoms with E-state index in [0.29, 0.717) is 29.1 Å². The van der Waals surface area contributed by atoms with Gasteiger partial charge in [-0.1, -0.05) is 24.3 Å². The second-order valence-electron chi connectivity index (χ2n) is 6.46. The molecule has 2 N–H and O–H groups in total. The Morgan fingerprint density at radius 3 is 2.80 bits per heavy atom. The molecule has 0 spiro atoms. The lowest BCUT2D eigenvalue weighted by Gasteiger charge is -2.26. The maximum absolute atomic E-state index is 12.8. The molecule has 5 heteroatoms. The molecule has 0 saturated carbocycles. The molecule has 1 aromatic heterocycles. The number of hydrogen-bond donors (Lipinski definition) is 2. The van der Waals surface area contributed by atoms with Gasteiger partial charge in [-0.25, -0.2) is 4.79 Å². The minimum absolute atomic E-state index is 0.00602. The maximum atomic E-state index is 12.8. The Kier molecular flexibility index (Phi) is 4.93. The minimum atomic E-state index is -0.393. The van der Waals surface area contributed by atoms with Crippen molar-refractivity contribution in [2.24, 2.45) is 0 Å². The third kappa shape index (κ3) is 3.31. The Morgan fingerprint density at radius 1 is 1.28 bits per heavy atom. The zero-order chi connectivity index (χ0) is 18.0. The monoisotopic (exact) mass is 340 g/mol. The number of rotatable bonds is 4. The first kappa shape index (κ1) is 17.3. The van der Waals surface area contributed by atoms with Crippen LogP contribution in [0.1, 0.15) is 69.0 Å². The number of aromatic amines is 1. The molecule has 3 rings (SSSR count). The van der Waals surface area contributed by atoms with Crippen LogP contribution in [0.5, 0.6) is 0 Å². The quantitative estimate of drug-likeness (QED) is 0.835. The molecule has 0 saturated heterocycles. The zero-order valence-corrected chi connectivity index (χ0v) is 14.9. The van der Waals surface area contributed by atoms with E-state index in [1.54, 1.807) is 20.8 Å². The fourth-order valence-corrected chi connectivity index (χ4v) is 3.62. The highest BCUT2D eigenvalue weighted by Gasteiger charge is 2.26. The Bertz CT molecular complexity index is 807. The second-order valence-corrected chi connectivity index (χ2v) is 6.46. The molecule has 0 aliphatic heterocycles. The van der Waals surface area contributed by atoms with E-state index in [1.807, 2.05) is 12.1 Å². The number of esters is 1. The van der Waals surface area contributed by atoms with Gasteiger partial charge in [0.05, 0.1) is 18.2 Å². The molecule has 1 amide bonds. The van der Waals surface area contributed by atoms with Crippen molar-refractivity contribution >= 4 is 11.9 Å². The van der Waals surface area contributed by atoms with Gasteiger partial charge in [0.25, 0.3) is 5.91 Å². The van der Waals surface area contributed by atoms with Crippen LogP contribution in [0.25, 0.3) is 0 Å². The third-order valence-electron chi connectivity index (χ3n) is 4.82. The molecule has 1 heterocycles. The van der Waals surface area contributed by atoms with Crippen LogP contribution in [0, 0.1) is 13.8 Å². The maximum Gasteiger partial charge on any atom is 0.340 e. The number of fused-ring (bicyclic) bond motifs is 1. The van der Waals surface area contributed by atoms with Gasteiger partial charge in [0.15, 0.2) is 0 Å². The zero-order valence-electron chi connectivity index (χ0n) is 14.9. The summed E-state index contributed by atoms with van der Waals surface area (Å²) in [5.74, 6) is -0.575. The van der Waals surface area contributed by atoms with E-state index in [1.165, 1.54) is 11.1 Å². The molecule has 5 nitrogen and oxygen atoms in total. The molecule has 25 heavy (non-hydrogen) atoms. The molecule has 2 aromatic rings. The number of H-pyrrole nitrogens is 1. The standard InChI is InChI=1S/C20H24N2O3/c1-4-25-20(24)17-12(2)18(21-13(17)3)19(23)22-16-11-7-9-14-8-5-6-10-15(14)16/h5-6,8,10,16,21H,4,7,9,11H2,1-3H3,(H,22,23). The first-order chi connectivity index (χ1) is 12.0. The summed E-state index contributed by atoms with van der Waals surface area (Å²) in [6.45, 7) is 5.64. The summed E-state index contributed by atoms with van der Waals surface area (Å²) >= 11 is 0. The first-order valence-corrected chi connectivity index (χ1v) is 8.77. The lowest BCUT2D eigenvalue weighted by atomic mass is 9.87. The SMILES string of the molecule is CCOC(=O)c1c(C)[nH]c(C(=O)NC2CCCc3ccccc32)c1C. The van der Waals surface area contributed by atoms with E-state index in [2.05, 4.69) is 22.4 Å². The first-order valence-electron chi connectivity index (χ1n) is 8.77. The molecule has 0 fully saturated rings. The fraction of sp³-hybridized carbons (Fsp3) is 0.400. The van der Waals surface area contributed by atoms with Crippen molar-refractivity contribution in [2.45, 2.75) is 46.1 Å². The Balaban J connectivity index is 1.83. The Hall–Kier alpha value is -2.56. The van der Waals surface area contributed by atoms with E-state index in [9.17, 15) is 9.59 Å². The lowest BCUT2D eigenvalue weighted by Crippen LogP contribution is -2.31. The summed E-state index contributed by atoms with van der Waals surface area (Å²) < 4.78 is 5.09. The molecule has 0 bridgehead atoms. The fourth-order valence-electron chi connectivity index (χ4n) is 3.62. The van der Waals surface area contributed by atoms with Crippen molar-refractivity contribution in [1.82, 2.24) is 10.3 Å². The van der Waals surface area contributed by atoms with E-state index < -0.39 is 5.97 Å². The second kappa shape index (κ2) is 7.13. The molecule has 1 aromatic carbocycles. The largest absolute Gasteiger partial charge is 0.462 e. The number of carbonyl (C=O) groups is 2. The number of hydrogen-bond acceptors (Lipinski definition) is 3. The molecular formula is C20H24N2O3. The van der Waals surface area contributed by atoms with Crippen LogP contribution in [0.15, 0.2) is 24.3 Å². The molecule has 1 unspecified atom stereocenters. The number of aromatic nitrogens is 1. The van der Waals surface area contributed by atoms with Gasteiger partial charge in [-0.05, 0) is 56.7 Å². The molecule has 1 aliphatic carbocycles. The highest BCUT2D eigenvalue weighted by Crippen LogP contribution is 2.30. The minimum Gasteiger partial charge on any atom is -0.462 e. The van der Waals surface area contributed by atoms with E-state index in [4.69, 9.17) is 4.74 Å². The normalized spacial score (nSPS) is 16.2. The van der Waals surface area contributed by atoms with Crippen molar-refractivity contribution < 1.29 is 14.3 Å². The highest BCUT2D eigenvalue weighted by molar-refractivity contribution is 6.00. The molecule has 0 radical (unpaired) electrons. The number of aryl methyl sites for hydroxylation is 2. The summed E-state index contributed by atoms with van der Waals surface area (Å²) in [6, 6.07) is 8.25. The smallest absolute Gasteiger partial charge is 0.340 e. The van der Waals surface area contributed by atoms with Gasteiger partial charge in [0, 0.05) is 5.69 Å². The van der Waals surface area contributed by atoms with E-state index in [0.717, 1.165) is 19.3 Å². The highest BCUT2D eigenvalue weighted by atomic mass is 16.5. The van der Waals surface area contributed by atoms with Crippen molar-refractivity contribution in [3.63, 3.8) is 0 Å². The topological polar surface area (TPSA) is 71.2 Å². The molecule has 1 aliphatic rings. The van der Waals surface area contributed by atoms with Crippen LogP contribution in [-0.4, -0.2) is 23.5 Å². The van der Waals surface area contributed by atoms with E-state index in [-0.39, 0.29) is 11.9 Å². The lowest BCUT2D eigenvalue weighted by molar-refractivity contribution is 0.0525. The summed E-state index contributed by atoms with van der Waals surface area (Å²) in [6.07, 6.45) is 3.03. The average Bonchev–Trinajstić information content (AvgIpc) is 2.90. The van der Waals surface area contributed by atoms with Crippen LogP contribution in [0.3, 0.4) is 0 Å². The summed E-state index contributed by atoms with van der Waals surface area (Å²) in [4.78, 5) is 27.9. The van der Waals surface area contributed by atoms with Crippen LogP contribution in [0.4, 0.5) is 0 Å². The van der Waals surface area contributed by atoms with Gasteiger partial charge in [0.2, 0.25) is 0 Å². The predicted molar refractivity (Wildman–Crippen MR) is 95.8 cm³/mol. The summed E-state index contributed by atoms with van der Waals surface area (Å²) in [7, 11) is 0. The van der Waals surface area contributed by atoms with Crippen LogP contribution < -0.4 is 5.32 Å². The number of amides is 1. The van der Waals surface area contributed by atoms with Crippen LogP contribution in [-0.2, 0) is 11.2 Å². The van der Waals surface area contributed by atoms with Crippen molar-refractivity contribution in [2.75, 3.05) is 6.61 Å². The van der Waals surface area contributed by atoms with Gasteiger partial charge in [0.1, 0.15) is 5.69 Å². The number of benzene rings is 1. The van der Waals surface area contributed by atoms with Crippen LogP contribution >= 0.6 is 0 Å². The van der Waals surface area contributed by atoms with Gasteiger partial charge >= 0.3 is 5.97 Å². The van der Waals surface area contributed by atoms with Gasteiger partial charge in [-0.2, -0.15) is 0 Å². The molecular weight excluding hydrogens is 316 g/mol. The van der Waals surface area contributed by atoms with Crippen molar-refractivity contribution in [1.29, 1.82) is 0 Å². The number of carbonyl (C=O) groups excluding carboxylic acids is 2. The molecule has 1 atom stereocenters. The summed E-state index contributed by atoms with van der Waals surface area (Å²) in [5, 5.41) is 3.12. The number of ether oxygens (including phenoxy) is 1. The average molecular weight is 340 g/mol. The molecule has 132 valence electrons. The Morgan fingerprint density at radius 2 is 2.04 bits per heavy atom. The van der Waals surface area contributed by atoms with Gasteiger partial charge in [-0.3, -0.25) is 4.79 Å². The van der Waals surface area contributed by atoms with Gasteiger partial charge in [-0.15, -0.1) is 0 Å². The van der Waals surface area contributed by atoms with Crippen LogP contribution in [0.2, 0.25) is 0 Å². The predicted octanol–water partition coefficient (Wildman–Crippen LogP) is 3.62. The van der Waals surface area contributed by atoms with E-state index >= 15 is 0 Å². The Labute approximate surface area is 147 Å². The summed E-state index contributed by atoms with van der Waals surface area (Å²) in [5.41, 5.74) is 4.67. The third-order valence-corrected chi connectivity index (χ3v) is 4.82. The van der Waals surface area contributed by atoms with Crippen molar-refractivity contribution in [3.8, 4) is 0 Å². The number of nitrogens with one attached hydrogen (secondary N) is 2. The van der Waals surface area contributed by atoms with Crippen molar-refractivity contribution in [3.05, 3.63) is 57.9 Å².